The normalized spacial score (nSPS) is 10.4. The highest BCUT2D eigenvalue weighted by atomic mass is 79.9. The molecule has 0 radical (unpaired) electrons. The molecule has 0 aliphatic heterocycles. The number of rotatable bonds is 4. The molecule has 0 atom stereocenters. The van der Waals surface area contributed by atoms with Crippen molar-refractivity contribution in [3.8, 4) is 0 Å². The summed E-state index contributed by atoms with van der Waals surface area (Å²) in [5.74, 6) is 0. The molecule has 0 saturated heterocycles. The van der Waals surface area contributed by atoms with E-state index < -0.39 is 0 Å². The summed E-state index contributed by atoms with van der Waals surface area (Å²) in [6.45, 7) is 3.22. The second-order valence-electron chi connectivity index (χ2n) is 3.08. The predicted octanol–water partition coefficient (Wildman–Crippen LogP) is 0.361. The maximum atomic E-state index is 11.6. The second-order valence-corrected chi connectivity index (χ2v) is 3.87. The molecule has 0 saturated carbocycles. The van der Waals surface area contributed by atoms with Gasteiger partial charge in [0, 0.05) is 20.1 Å². The van der Waals surface area contributed by atoms with E-state index in [2.05, 4.69) is 21.0 Å². The zero-order valence-corrected chi connectivity index (χ0v) is 10.4. The number of halogens is 1. The highest BCUT2D eigenvalue weighted by molar-refractivity contribution is 9.10. The van der Waals surface area contributed by atoms with Crippen LogP contribution in [0.5, 0.6) is 0 Å². The number of aromatic nitrogens is 2. The van der Waals surface area contributed by atoms with E-state index in [0.29, 0.717) is 17.6 Å². The Bertz CT molecular complexity index is 391. The lowest BCUT2D eigenvalue weighted by molar-refractivity contribution is 0.302. The molecule has 0 aliphatic rings. The molecular weight excluding hydrogens is 262 g/mol. The monoisotopic (exact) mass is 275 g/mol. The third-order valence-corrected chi connectivity index (χ3v) is 2.90. The molecule has 1 N–H and O–H groups in total. The summed E-state index contributed by atoms with van der Waals surface area (Å²) >= 11 is 3.25. The van der Waals surface area contributed by atoms with Gasteiger partial charge in [0.2, 0.25) is 0 Å². The number of nitrogens with zero attached hydrogens (tertiary/aromatic N) is 3. The van der Waals surface area contributed by atoms with Crippen molar-refractivity contribution in [2.24, 2.45) is 7.05 Å². The van der Waals surface area contributed by atoms with Crippen LogP contribution in [0.4, 0.5) is 5.69 Å². The van der Waals surface area contributed by atoms with Gasteiger partial charge in [-0.05, 0) is 22.9 Å². The van der Waals surface area contributed by atoms with Crippen LogP contribution >= 0.6 is 15.9 Å². The fourth-order valence-corrected chi connectivity index (χ4v) is 1.90. The van der Waals surface area contributed by atoms with Crippen LogP contribution in [0.15, 0.2) is 15.5 Å². The van der Waals surface area contributed by atoms with E-state index in [1.54, 1.807) is 13.2 Å². The molecule has 84 valence electrons. The number of hydrogen-bond donors (Lipinski definition) is 1. The number of aliphatic hydroxyl groups is 1. The van der Waals surface area contributed by atoms with Gasteiger partial charge >= 0.3 is 0 Å². The molecule has 6 heteroatoms. The van der Waals surface area contributed by atoms with E-state index >= 15 is 0 Å². The summed E-state index contributed by atoms with van der Waals surface area (Å²) in [6, 6.07) is 0. The van der Waals surface area contributed by atoms with Crippen molar-refractivity contribution in [3.63, 3.8) is 0 Å². The lowest BCUT2D eigenvalue weighted by Crippen LogP contribution is -2.30. The molecular formula is C9H14BrN3O2. The summed E-state index contributed by atoms with van der Waals surface area (Å²) < 4.78 is 1.75. The molecule has 0 aromatic carbocycles. The van der Waals surface area contributed by atoms with E-state index in [0.717, 1.165) is 5.69 Å². The Balaban J connectivity index is 3.13. The quantitative estimate of drug-likeness (QED) is 0.862. The van der Waals surface area contributed by atoms with Crippen molar-refractivity contribution in [2.45, 2.75) is 6.92 Å². The van der Waals surface area contributed by atoms with Gasteiger partial charge in [0.1, 0.15) is 4.47 Å². The molecule has 1 heterocycles. The van der Waals surface area contributed by atoms with Crippen LogP contribution in [0, 0.1) is 0 Å². The first-order valence-electron chi connectivity index (χ1n) is 4.69. The number of aryl methyl sites for hydroxylation is 1. The summed E-state index contributed by atoms with van der Waals surface area (Å²) in [4.78, 5) is 13.5. The molecule has 1 aromatic rings. The SMILES string of the molecule is CCN(CCO)c1cnn(C)c(=O)c1Br. The van der Waals surface area contributed by atoms with Gasteiger partial charge in [-0.1, -0.05) is 0 Å². The van der Waals surface area contributed by atoms with Crippen LogP contribution in [0.1, 0.15) is 6.92 Å². The zero-order chi connectivity index (χ0) is 11.4. The van der Waals surface area contributed by atoms with E-state index in [4.69, 9.17) is 5.11 Å². The van der Waals surface area contributed by atoms with Crippen molar-refractivity contribution in [1.82, 2.24) is 9.78 Å². The Hall–Kier alpha value is -0.880. The van der Waals surface area contributed by atoms with Gasteiger partial charge in [-0.25, -0.2) is 4.68 Å². The molecule has 1 rings (SSSR count). The first-order chi connectivity index (χ1) is 7.11. The molecule has 5 nitrogen and oxygen atoms in total. The van der Waals surface area contributed by atoms with Crippen LogP contribution in [-0.2, 0) is 7.05 Å². The van der Waals surface area contributed by atoms with E-state index in [1.807, 2.05) is 11.8 Å². The first kappa shape index (κ1) is 12.2. The fourth-order valence-electron chi connectivity index (χ4n) is 1.29. The van der Waals surface area contributed by atoms with Gasteiger partial charge in [-0.2, -0.15) is 5.10 Å². The van der Waals surface area contributed by atoms with Gasteiger partial charge < -0.3 is 10.0 Å². The predicted molar refractivity (Wildman–Crippen MR) is 62.2 cm³/mol. The van der Waals surface area contributed by atoms with Crippen LogP contribution in [0.3, 0.4) is 0 Å². The Morgan fingerprint density at radius 1 is 1.67 bits per heavy atom. The smallest absolute Gasteiger partial charge is 0.282 e. The van der Waals surface area contributed by atoms with Crippen molar-refractivity contribution in [3.05, 3.63) is 21.0 Å². The molecule has 0 unspecified atom stereocenters. The second kappa shape index (κ2) is 5.27. The van der Waals surface area contributed by atoms with Crippen molar-refractivity contribution in [2.75, 3.05) is 24.6 Å². The van der Waals surface area contributed by atoms with E-state index in [-0.39, 0.29) is 12.2 Å². The first-order valence-corrected chi connectivity index (χ1v) is 5.48. The number of anilines is 1. The lowest BCUT2D eigenvalue weighted by atomic mass is 10.4. The molecule has 15 heavy (non-hydrogen) atoms. The van der Waals surface area contributed by atoms with Gasteiger partial charge in [0.15, 0.2) is 0 Å². The van der Waals surface area contributed by atoms with Gasteiger partial charge in [0.25, 0.3) is 5.56 Å². The third kappa shape index (κ3) is 2.57. The molecule has 0 aliphatic carbocycles. The zero-order valence-electron chi connectivity index (χ0n) is 8.77. The van der Waals surface area contributed by atoms with Crippen LogP contribution in [0.25, 0.3) is 0 Å². The molecule has 0 spiro atoms. The summed E-state index contributed by atoms with van der Waals surface area (Å²) in [5, 5.41) is 12.8. The average molecular weight is 276 g/mol. The van der Waals surface area contributed by atoms with E-state index in [9.17, 15) is 4.79 Å². The number of hydrogen-bond acceptors (Lipinski definition) is 4. The third-order valence-electron chi connectivity index (χ3n) is 2.15. The van der Waals surface area contributed by atoms with Crippen LogP contribution in [-0.4, -0.2) is 34.6 Å². The Kier molecular flexibility index (Phi) is 4.28. The highest BCUT2D eigenvalue weighted by Gasteiger charge is 2.12. The van der Waals surface area contributed by atoms with Crippen LogP contribution in [0.2, 0.25) is 0 Å². The van der Waals surface area contributed by atoms with Gasteiger partial charge in [0.05, 0.1) is 18.5 Å². The molecule has 1 aromatic heterocycles. The van der Waals surface area contributed by atoms with Gasteiger partial charge in [-0.15, -0.1) is 0 Å². The largest absolute Gasteiger partial charge is 0.395 e. The summed E-state index contributed by atoms with van der Waals surface area (Å²) in [7, 11) is 1.60. The molecule has 0 amide bonds. The molecule has 0 fully saturated rings. The van der Waals surface area contributed by atoms with E-state index in [1.165, 1.54) is 4.68 Å². The summed E-state index contributed by atoms with van der Waals surface area (Å²) in [5.41, 5.74) is 0.540. The van der Waals surface area contributed by atoms with Crippen molar-refractivity contribution < 1.29 is 5.11 Å². The summed E-state index contributed by atoms with van der Waals surface area (Å²) in [6.07, 6.45) is 1.62. The minimum Gasteiger partial charge on any atom is -0.395 e. The maximum Gasteiger partial charge on any atom is 0.282 e. The van der Waals surface area contributed by atoms with Crippen molar-refractivity contribution >= 4 is 21.6 Å². The standard InChI is InChI=1S/C9H14BrN3O2/c1-3-13(4-5-14)7-6-11-12(2)9(15)8(7)10/h6,14H,3-5H2,1-2H3. The Morgan fingerprint density at radius 3 is 2.87 bits per heavy atom. The lowest BCUT2D eigenvalue weighted by Gasteiger charge is -2.22. The number of aliphatic hydroxyl groups excluding tert-OH is 1. The Morgan fingerprint density at radius 2 is 2.33 bits per heavy atom. The molecule has 0 bridgehead atoms. The number of likely N-dealkylation sites (N-methyl/N-ethyl adjacent to an activating group) is 1. The minimum absolute atomic E-state index is 0.0511. The average Bonchev–Trinajstić information content (AvgIpc) is 2.24. The minimum atomic E-state index is -0.177. The Labute approximate surface area is 96.5 Å². The topological polar surface area (TPSA) is 58.4 Å². The maximum absolute atomic E-state index is 11.6. The fraction of sp³-hybridized carbons (Fsp3) is 0.556. The highest BCUT2D eigenvalue weighted by Crippen LogP contribution is 2.20. The van der Waals surface area contributed by atoms with Gasteiger partial charge in [-0.3, -0.25) is 4.79 Å². The van der Waals surface area contributed by atoms with Crippen molar-refractivity contribution in [1.29, 1.82) is 0 Å². The van der Waals surface area contributed by atoms with Crippen LogP contribution < -0.4 is 10.5 Å².